The highest BCUT2D eigenvalue weighted by atomic mass is 35.5. The van der Waals surface area contributed by atoms with Crippen molar-refractivity contribution in [2.45, 2.75) is 16.8 Å². The lowest BCUT2D eigenvalue weighted by molar-refractivity contribution is 0.968. The van der Waals surface area contributed by atoms with Gasteiger partial charge in [-0.25, -0.2) is 9.97 Å². The molecule has 0 saturated heterocycles. The molecule has 0 amide bonds. The fourth-order valence-electron chi connectivity index (χ4n) is 1.20. The van der Waals surface area contributed by atoms with Crippen LogP contribution < -0.4 is 0 Å². The largest absolute Gasteiger partial charge is 0.226 e. The molecule has 2 rings (SSSR count). The molecule has 0 N–H and O–H groups in total. The lowest BCUT2D eigenvalue weighted by atomic mass is 10.4. The van der Waals surface area contributed by atoms with Gasteiger partial charge in [0.1, 0.15) is 16.0 Å². The first-order valence-corrected chi connectivity index (χ1v) is 6.16. The number of hydrogen-bond donors (Lipinski definition) is 0. The Kier molecular flexibility index (Phi) is 3.69. The molecule has 1 aromatic heterocycles. The monoisotopic (exact) mass is 270 g/mol. The molecule has 0 atom stereocenters. The van der Waals surface area contributed by atoms with Gasteiger partial charge in [-0.05, 0) is 19.1 Å². The summed E-state index contributed by atoms with van der Waals surface area (Å²) >= 11 is 13.4. The van der Waals surface area contributed by atoms with Gasteiger partial charge in [0, 0.05) is 11.0 Å². The number of hydrogen-bond acceptors (Lipinski definition) is 3. The van der Waals surface area contributed by atoms with Gasteiger partial charge in [-0.15, -0.1) is 0 Å². The van der Waals surface area contributed by atoms with Gasteiger partial charge >= 0.3 is 0 Å². The highest BCUT2D eigenvalue weighted by Gasteiger charge is 2.05. The molecule has 2 nitrogen and oxygen atoms in total. The smallest absolute Gasteiger partial charge is 0.133 e. The molecule has 0 saturated carbocycles. The molecule has 0 bridgehead atoms. The highest BCUT2D eigenvalue weighted by molar-refractivity contribution is 7.99. The summed E-state index contributed by atoms with van der Waals surface area (Å²) in [5, 5.41) is 1.95. The third kappa shape index (κ3) is 2.88. The van der Waals surface area contributed by atoms with E-state index in [1.54, 1.807) is 6.07 Å². The van der Waals surface area contributed by atoms with E-state index in [1.165, 1.54) is 11.8 Å². The van der Waals surface area contributed by atoms with Crippen LogP contribution in [0, 0.1) is 6.92 Å². The molecule has 1 aromatic carbocycles. The van der Waals surface area contributed by atoms with Gasteiger partial charge in [0.25, 0.3) is 0 Å². The van der Waals surface area contributed by atoms with Crippen molar-refractivity contribution in [2.24, 2.45) is 0 Å². The normalized spacial score (nSPS) is 10.4. The number of benzene rings is 1. The summed E-state index contributed by atoms with van der Waals surface area (Å²) in [5.41, 5.74) is 0. The van der Waals surface area contributed by atoms with E-state index in [9.17, 15) is 0 Å². The Labute approximate surface area is 108 Å². The van der Waals surface area contributed by atoms with E-state index in [1.807, 2.05) is 31.2 Å². The van der Waals surface area contributed by atoms with Crippen molar-refractivity contribution < 1.29 is 0 Å². The number of halogens is 2. The fourth-order valence-corrected chi connectivity index (χ4v) is 2.63. The quantitative estimate of drug-likeness (QED) is 0.764. The van der Waals surface area contributed by atoms with Crippen LogP contribution in [0.15, 0.2) is 40.3 Å². The summed E-state index contributed by atoms with van der Waals surface area (Å²) < 4.78 is 0. The zero-order valence-corrected chi connectivity index (χ0v) is 10.8. The molecule has 82 valence electrons. The minimum Gasteiger partial charge on any atom is -0.226 e. The maximum atomic E-state index is 6.06. The molecule has 0 aliphatic carbocycles. The van der Waals surface area contributed by atoms with Crippen LogP contribution in [-0.2, 0) is 0 Å². The predicted molar refractivity (Wildman–Crippen MR) is 67.4 cm³/mol. The summed E-state index contributed by atoms with van der Waals surface area (Å²) in [6.45, 7) is 1.81. The van der Waals surface area contributed by atoms with Gasteiger partial charge in [-0.2, -0.15) is 0 Å². The van der Waals surface area contributed by atoms with Gasteiger partial charge < -0.3 is 0 Å². The molecule has 0 unspecified atom stereocenters. The third-order valence-corrected chi connectivity index (χ3v) is 3.46. The van der Waals surface area contributed by atoms with Crippen LogP contribution in [0.3, 0.4) is 0 Å². The van der Waals surface area contributed by atoms with Crippen LogP contribution in [0.2, 0.25) is 10.2 Å². The molecule has 0 aliphatic heterocycles. The first-order valence-electron chi connectivity index (χ1n) is 4.59. The Morgan fingerprint density at radius 1 is 1.12 bits per heavy atom. The molecular weight excluding hydrogens is 263 g/mol. The Hall–Kier alpha value is -0.770. The second kappa shape index (κ2) is 5.04. The van der Waals surface area contributed by atoms with Crippen molar-refractivity contribution in [3.05, 3.63) is 46.3 Å². The summed E-state index contributed by atoms with van der Waals surface area (Å²) in [4.78, 5) is 9.24. The van der Waals surface area contributed by atoms with E-state index >= 15 is 0 Å². The number of rotatable bonds is 2. The molecule has 1 heterocycles. The van der Waals surface area contributed by atoms with E-state index in [2.05, 4.69) is 9.97 Å². The highest BCUT2D eigenvalue weighted by Crippen LogP contribution is 2.32. The molecular formula is C11H8Cl2N2S. The number of aryl methyl sites for hydroxylation is 1. The van der Waals surface area contributed by atoms with Crippen LogP contribution >= 0.6 is 35.0 Å². The van der Waals surface area contributed by atoms with E-state index in [4.69, 9.17) is 23.2 Å². The third-order valence-electron chi connectivity index (χ3n) is 1.83. The standard InChI is InChI=1S/C11H8Cl2N2S/c1-7-14-10(13)6-11(15-7)16-9-5-3-2-4-8(9)12/h2-6H,1H3. The van der Waals surface area contributed by atoms with Crippen molar-refractivity contribution >= 4 is 35.0 Å². The number of nitrogens with zero attached hydrogens (tertiary/aromatic N) is 2. The van der Waals surface area contributed by atoms with Crippen molar-refractivity contribution in [3.8, 4) is 0 Å². The minimum absolute atomic E-state index is 0.446. The van der Waals surface area contributed by atoms with E-state index in [0.717, 1.165) is 9.92 Å². The molecule has 0 fully saturated rings. The summed E-state index contributed by atoms with van der Waals surface area (Å²) in [6, 6.07) is 9.34. The number of aromatic nitrogens is 2. The van der Waals surface area contributed by atoms with Crippen molar-refractivity contribution in [1.29, 1.82) is 0 Å². The average molecular weight is 271 g/mol. The Bertz CT molecular complexity index is 497. The van der Waals surface area contributed by atoms with Gasteiger partial charge in [-0.1, -0.05) is 47.1 Å². The lowest BCUT2D eigenvalue weighted by Gasteiger charge is -2.03. The summed E-state index contributed by atoms with van der Waals surface area (Å²) in [7, 11) is 0. The van der Waals surface area contributed by atoms with Gasteiger partial charge in [0.2, 0.25) is 0 Å². The zero-order valence-electron chi connectivity index (χ0n) is 8.45. The van der Waals surface area contributed by atoms with Gasteiger partial charge in [0.15, 0.2) is 0 Å². The lowest BCUT2D eigenvalue weighted by Crippen LogP contribution is -1.89. The van der Waals surface area contributed by atoms with Crippen LogP contribution in [0.5, 0.6) is 0 Å². The van der Waals surface area contributed by atoms with E-state index < -0.39 is 0 Å². The maximum Gasteiger partial charge on any atom is 0.133 e. The molecule has 16 heavy (non-hydrogen) atoms. The van der Waals surface area contributed by atoms with Crippen molar-refractivity contribution in [3.63, 3.8) is 0 Å². The predicted octanol–water partition coefficient (Wildman–Crippen LogP) is 4.24. The molecule has 2 aromatic rings. The maximum absolute atomic E-state index is 6.06. The molecule has 0 radical (unpaired) electrons. The SMILES string of the molecule is Cc1nc(Cl)cc(Sc2ccccc2Cl)n1. The van der Waals surface area contributed by atoms with Crippen LogP contribution in [-0.4, -0.2) is 9.97 Å². The first kappa shape index (κ1) is 11.7. The Morgan fingerprint density at radius 3 is 2.56 bits per heavy atom. The first-order chi connectivity index (χ1) is 7.65. The van der Waals surface area contributed by atoms with Gasteiger partial charge in [-0.3, -0.25) is 0 Å². The molecule has 5 heteroatoms. The van der Waals surface area contributed by atoms with Crippen molar-refractivity contribution in [2.75, 3.05) is 0 Å². The molecule has 0 spiro atoms. The van der Waals surface area contributed by atoms with Crippen LogP contribution in [0.4, 0.5) is 0 Å². The van der Waals surface area contributed by atoms with Crippen molar-refractivity contribution in [1.82, 2.24) is 9.97 Å². The summed E-state index contributed by atoms with van der Waals surface area (Å²) in [6.07, 6.45) is 0. The second-order valence-electron chi connectivity index (χ2n) is 3.11. The van der Waals surface area contributed by atoms with E-state index in [-0.39, 0.29) is 0 Å². The molecule has 0 aliphatic rings. The van der Waals surface area contributed by atoms with Crippen LogP contribution in [0.25, 0.3) is 0 Å². The second-order valence-corrected chi connectivity index (χ2v) is 4.97. The topological polar surface area (TPSA) is 25.8 Å². The average Bonchev–Trinajstić information content (AvgIpc) is 2.20. The van der Waals surface area contributed by atoms with Gasteiger partial charge in [0.05, 0.1) is 5.02 Å². The Morgan fingerprint density at radius 2 is 1.88 bits per heavy atom. The summed E-state index contributed by atoms with van der Waals surface area (Å²) in [5.74, 6) is 0.655. The van der Waals surface area contributed by atoms with Crippen LogP contribution in [0.1, 0.15) is 5.82 Å². The Balaban J connectivity index is 2.30. The fraction of sp³-hybridized carbons (Fsp3) is 0.0909. The zero-order chi connectivity index (χ0) is 11.5. The van der Waals surface area contributed by atoms with E-state index in [0.29, 0.717) is 16.0 Å². The minimum atomic E-state index is 0.446.